The fourth-order valence-electron chi connectivity index (χ4n) is 2.74. The minimum Gasteiger partial charge on any atom is -0.481 e. The second-order valence-electron chi connectivity index (χ2n) is 6.81. The number of hydrogen-bond acceptors (Lipinski definition) is 5. The van der Waals surface area contributed by atoms with Gasteiger partial charge in [0.1, 0.15) is 10.8 Å². The topological polar surface area (TPSA) is 64.6 Å². The Bertz CT molecular complexity index is 876. The molecule has 0 bridgehead atoms. The second kappa shape index (κ2) is 9.43. The van der Waals surface area contributed by atoms with Crippen LogP contribution in [0.1, 0.15) is 54.1 Å². The highest BCUT2D eigenvalue weighted by molar-refractivity contribution is 7.16. The number of carbonyl (C=O) groups is 2. The highest BCUT2D eigenvalue weighted by Gasteiger charge is 2.26. The van der Waals surface area contributed by atoms with Gasteiger partial charge in [-0.2, -0.15) is 0 Å². The number of amides is 1. The van der Waals surface area contributed by atoms with Crippen LogP contribution in [0.3, 0.4) is 0 Å². The first-order valence-electron chi connectivity index (χ1n) is 9.20. The van der Waals surface area contributed by atoms with Crippen molar-refractivity contribution < 1.29 is 19.1 Å². The van der Waals surface area contributed by atoms with Gasteiger partial charge in [0.25, 0.3) is 5.91 Å². The fraction of sp³-hybridized carbons (Fsp3) is 0.429. The molecule has 0 radical (unpaired) electrons. The molecule has 0 fully saturated rings. The summed E-state index contributed by atoms with van der Waals surface area (Å²) in [5, 5.41) is 3.97. The van der Waals surface area contributed by atoms with Gasteiger partial charge in [0.05, 0.1) is 11.7 Å². The van der Waals surface area contributed by atoms with E-state index in [4.69, 9.17) is 21.1 Å². The van der Waals surface area contributed by atoms with Crippen molar-refractivity contribution in [2.24, 2.45) is 0 Å². The van der Waals surface area contributed by atoms with E-state index < -0.39 is 12.1 Å². The Kier molecular flexibility index (Phi) is 7.49. The number of carbonyl (C=O) groups excluding carboxylic acids is 2. The molecule has 152 valence electrons. The van der Waals surface area contributed by atoms with Gasteiger partial charge in [-0.05, 0) is 70.4 Å². The van der Waals surface area contributed by atoms with Crippen molar-refractivity contribution in [1.29, 1.82) is 0 Å². The first-order chi connectivity index (χ1) is 13.1. The average Bonchev–Trinajstić information content (AvgIpc) is 2.92. The maximum Gasteiger partial charge on any atom is 0.341 e. The van der Waals surface area contributed by atoms with Crippen LogP contribution in [-0.2, 0) is 16.0 Å². The van der Waals surface area contributed by atoms with Crippen molar-refractivity contribution in [3.63, 3.8) is 0 Å². The predicted octanol–water partition coefficient (Wildman–Crippen LogP) is 5.55. The van der Waals surface area contributed by atoms with Crippen LogP contribution in [0.4, 0.5) is 5.00 Å². The van der Waals surface area contributed by atoms with Crippen molar-refractivity contribution in [1.82, 2.24) is 0 Å². The summed E-state index contributed by atoms with van der Waals surface area (Å²) in [4.78, 5) is 26.2. The lowest BCUT2D eigenvalue weighted by molar-refractivity contribution is -0.122. The molecule has 1 amide bonds. The van der Waals surface area contributed by atoms with E-state index >= 15 is 0 Å². The van der Waals surface area contributed by atoms with Gasteiger partial charge in [-0.25, -0.2) is 4.79 Å². The standard InChI is InChI=1S/C21H26ClNO4S/c1-7-16-14(6)28-20(18(16)21(25)26-11(2)3)23-19(24)13(5)27-15-8-9-17(22)12(4)10-15/h8-11,13H,7H2,1-6H3,(H,23,24). The monoisotopic (exact) mass is 423 g/mol. The third-order valence-electron chi connectivity index (χ3n) is 4.16. The van der Waals surface area contributed by atoms with E-state index in [9.17, 15) is 9.59 Å². The molecule has 0 saturated carbocycles. The van der Waals surface area contributed by atoms with E-state index in [1.807, 2.05) is 20.8 Å². The van der Waals surface area contributed by atoms with Gasteiger partial charge < -0.3 is 14.8 Å². The van der Waals surface area contributed by atoms with Crippen molar-refractivity contribution in [2.75, 3.05) is 5.32 Å². The minimum atomic E-state index is -0.748. The Labute approximate surface area is 175 Å². The molecular formula is C21H26ClNO4S. The molecule has 1 unspecified atom stereocenters. The summed E-state index contributed by atoms with van der Waals surface area (Å²) in [6.07, 6.45) is -0.310. The Hall–Kier alpha value is -2.05. The number of rotatable bonds is 7. The zero-order chi connectivity index (χ0) is 21.0. The smallest absolute Gasteiger partial charge is 0.341 e. The summed E-state index contributed by atoms with van der Waals surface area (Å²) in [6.45, 7) is 11.0. The Balaban J connectivity index is 2.20. The molecule has 2 aromatic rings. The third kappa shape index (κ3) is 5.26. The molecule has 1 heterocycles. The number of ether oxygens (including phenoxy) is 2. The van der Waals surface area contributed by atoms with E-state index in [2.05, 4.69) is 5.32 Å². The van der Waals surface area contributed by atoms with Gasteiger partial charge in [-0.3, -0.25) is 4.79 Å². The number of anilines is 1. The molecule has 5 nitrogen and oxygen atoms in total. The van der Waals surface area contributed by atoms with Crippen molar-refractivity contribution in [2.45, 2.75) is 60.2 Å². The van der Waals surface area contributed by atoms with Crippen LogP contribution in [0.5, 0.6) is 5.75 Å². The Morgan fingerprint density at radius 3 is 2.46 bits per heavy atom. The predicted molar refractivity (Wildman–Crippen MR) is 114 cm³/mol. The molecule has 7 heteroatoms. The van der Waals surface area contributed by atoms with Gasteiger partial charge in [0.15, 0.2) is 6.10 Å². The summed E-state index contributed by atoms with van der Waals surface area (Å²) in [5.41, 5.74) is 2.20. The van der Waals surface area contributed by atoms with Gasteiger partial charge in [-0.1, -0.05) is 18.5 Å². The maximum atomic E-state index is 12.7. The lowest BCUT2D eigenvalue weighted by Gasteiger charge is -2.16. The number of hydrogen-bond donors (Lipinski definition) is 1. The number of nitrogens with one attached hydrogen (secondary N) is 1. The van der Waals surface area contributed by atoms with Crippen LogP contribution in [0.15, 0.2) is 18.2 Å². The van der Waals surface area contributed by atoms with Crippen molar-refractivity contribution in [3.05, 3.63) is 44.8 Å². The Morgan fingerprint density at radius 1 is 1.21 bits per heavy atom. The summed E-state index contributed by atoms with van der Waals surface area (Å²) in [7, 11) is 0. The average molecular weight is 424 g/mol. The SMILES string of the molecule is CCc1c(C)sc(NC(=O)C(C)Oc2ccc(Cl)c(C)c2)c1C(=O)OC(C)C. The summed E-state index contributed by atoms with van der Waals surface area (Å²) in [5.74, 6) is -0.205. The number of benzene rings is 1. The number of thiophene rings is 1. The molecule has 28 heavy (non-hydrogen) atoms. The molecule has 1 aromatic heterocycles. The fourth-order valence-corrected chi connectivity index (χ4v) is 4.00. The molecule has 1 aromatic carbocycles. The van der Waals surface area contributed by atoms with Gasteiger partial charge in [0.2, 0.25) is 0 Å². The van der Waals surface area contributed by atoms with Crippen LogP contribution in [0.25, 0.3) is 0 Å². The first-order valence-corrected chi connectivity index (χ1v) is 10.4. The number of aryl methyl sites for hydroxylation is 2. The van der Waals surface area contributed by atoms with Gasteiger partial charge in [-0.15, -0.1) is 11.3 Å². The normalized spacial score (nSPS) is 12.0. The molecule has 0 saturated heterocycles. The van der Waals surface area contributed by atoms with Crippen LogP contribution in [0.2, 0.25) is 5.02 Å². The zero-order valence-electron chi connectivity index (χ0n) is 17.0. The van der Waals surface area contributed by atoms with Crippen LogP contribution in [0, 0.1) is 13.8 Å². The molecule has 1 atom stereocenters. The molecule has 0 aliphatic carbocycles. The quantitative estimate of drug-likeness (QED) is 0.593. The highest BCUT2D eigenvalue weighted by Crippen LogP contribution is 2.34. The largest absolute Gasteiger partial charge is 0.481 e. The third-order valence-corrected chi connectivity index (χ3v) is 5.64. The van der Waals surface area contributed by atoms with E-state index in [0.29, 0.717) is 27.8 Å². The second-order valence-corrected chi connectivity index (χ2v) is 8.44. The first kappa shape index (κ1) is 22.2. The molecule has 0 aliphatic heterocycles. The van der Waals surface area contributed by atoms with E-state index in [1.165, 1.54) is 11.3 Å². The van der Waals surface area contributed by atoms with Crippen LogP contribution >= 0.6 is 22.9 Å². The van der Waals surface area contributed by atoms with Crippen LogP contribution in [-0.4, -0.2) is 24.1 Å². The van der Waals surface area contributed by atoms with Gasteiger partial charge in [0, 0.05) is 9.90 Å². The molecule has 0 aliphatic rings. The van der Waals surface area contributed by atoms with Crippen LogP contribution < -0.4 is 10.1 Å². The number of esters is 1. The highest BCUT2D eigenvalue weighted by atomic mass is 35.5. The van der Waals surface area contributed by atoms with E-state index in [-0.39, 0.29) is 12.0 Å². The summed E-state index contributed by atoms with van der Waals surface area (Å²) in [6, 6.07) is 5.23. The minimum absolute atomic E-state index is 0.239. The molecule has 1 N–H and O–H groups in total. The van der Waals surface area contributed by atoms with Gasteiger partial charge >= 0.3 is 5.97 Å². The van der Waals surface area contributed by atoms with E-state index in [1.54, 1.807) is 39.0 Å². The lowest BCUT2D eigenvalue weighted by atomic mass is 10.1. The number of halogens is 1. The molecular weight excluding hydrogens is 398 g/mol. The van der Waals surface area contributed by atoms with E-state index in [0.717, 1.165) is 16.0 Å². The lowest BCUT2D eigenvalue weighted by Crippen LogP contribution is -2.30. The van der Waals surface area contributed by atoms with Crippen molar-refractivity contribution >= 4 is 39.8 Å². The molecule has 0 spiro atoms. The maximum absolute atomic E-state index is 12.7. The zero-order valence-corrected chi connectivity index (χ0v) is 18.6. The molecule has 2 rings (SSSR count). The summed E-state index contributed by atoms with van der Waals surface area (Å²) >= 11 is 7.40. The van der Waals surface area contributed by atoms with Crippen molar-refractivity contribution in [3.8, 4) is 5.75 Å². The Morgan fingerprint density at radius 2 is 1.89 bits per heavy atom. The summed E-state index contributed by atoms with van der Waals surface area (Å²) < 4.78 is 11.1.